The van der Waals surface area contributed by atoms with Crippen molar-refractivity contribution >= 4 is 11.6 Å². The Labute approximate surface area is 131 Å². The molecule has 0 fully saturated rings. The van der Waals surface area contributed by atoms with Gasteiger partial charge in [-0.3, -0.25) is 9.67 Å². The van der Waals surface area contributed by atoms with Gasteiger partial charge in [0, 0.05) is 25.4 Å². The molecule has 0 radical (unpaired) electrons. The van der Waals surface area contributed by atoms with Gasteiger partial charge in [0.25, 0.3) is 0 Å². The highest BCUT2D eigenvalue weighted by molar-refractivity contribution is 6.30. The summed E-state index contributed by atoms with van der Waals surface area (Å²) >= 11 is 6.30. The SMILES string of the molecule is Cc1cccnc1[C@@H](NCc1c(C)nn(C)c1Cl)C(C)C. The van der Waals surface area contributed by atoms with E-state index < -0.39 is 0 Å². The molecule has 0 spiro atoms. The quantitative estimate of drug-likeness (QED) is 0.918. The van der Waals surface area contributed by atoms with E-state index in [0.717, 1.165) is 17.0 Å². The van der Waals surface area contributed by atoms with Crippen LogP contribution in [-0.4, -0.2) is 14.8 Å². The van der Waals surface area contributed by atoms with Crippen molar-refractivity contribution in [3.63, 3.8) is 0 Å². The van der Waals surface area contributed by atoms with Gasteiger partial charge in [-0.15, -0.1) is 0 Å². The lowest BCUT2D eigenvalue weighted by Crippen LogP contribution is -2.27. The molecule has 2 aromatic heterocycles. The predicted octanol–water partition coefficient (Wildman–Crippen LogP) is 3.57. The van der Waals surface area contributed by atoms with Crippen LogP contribution < -0.4 is 5.32 Å². The topological polar surface area (TPSA) is 42.7 Å². The lowest BCUT2D eigenvalue weighted by Gasteiger charge is -2.23. The third-order valence-corrected chi connectivity index (χ3v) is 4.25. The first-order chi connectivity index (χ1) is 9.91. The zero-order valence-corrected chi connectivity index (χ0v) is 14.1. The van der Waals surface area contributed by atoms with Gasteiger partial charge in [-0.1, -0.05) is 31.5 Å². The van der Waals surface area contributed by atoms with E-state index in [1.165, 1.54) is 5.56 Å². The summed E-state index contributed by atoms with van der Waals surface area (Å²) in [6.45, 7) is 9.17. The van der Waals surface area contributed by atoms with Crippen LogP contribution in [0.4, 0.5) is 0 Å². The normalized spacial score (nSPS) is 12.9. The average molecular weight is 307 g/mol. The molecule has 5 heteroatoms. The second-order valence-electron chi connectivity index (χ2n) is 5.79. The number of aromatic nitrogens is 3. The van der Waals surface area contributed by atoms with E-state index in [2.05, 4.69) is 42.2 Å². The van der Waals surface area contributed by atoms with E-state index in [-0.39, 0.29) is 6.04 Å². The lowest BCUT2D eigenvalue weighted by atomic mass is 9.97. The summed E-state index contributed by atoms with van der Waals surface area (Å²) in [6, 6.07) is 4.27. The zero-order chi connectivity index (χ0) is 15.6. The van der Waals surface area contributed by atoms with Crippen molar-refractivity contribution < 1.29 is 0 Å². The minimum Gasteiger partial charge on any atom is -0.304 e. The second-order valence-corrected chi connectivity index (χ2v) is 6.14. The van der Waals surface area contributed by atoms with E-state index in [9.17, 15) is 0 Å². The summed E-state index contributed by atoms with van der Waals surface area (Å²) in [6.07, 6.45) is 1.85. The molecular formula is C16H23ClN4. The van der Waals surface area contributed by atoms with E-state index in [1.54, 1.807) is 4.68 Å². The molecule has 0 saturated heterocycles. The van der Waals surface area contributed by atoms with Gasteiger partial charge in [-0.05, 0) is 31.4 Å². The van der Waals surface area contributed by atoms with Gasteiger partial charge >= 0.3 is 0 Å². The summed E-state index contributed by atoms with van der Waals surface area (Å²) in [5.74, 6) is 0.439. The molecule has 0 aromatic carbocycles. The maximum atomic E-state index is 6.30. The molecule has 21 heavy (non-hydrogen) atoms. The molecule has 2 rings (SSSR count). The molecule has 0 bridgehead atoms. The number of halogens is 1. The highest BCUT2D eigenvalue weighted by Gasteiger charge is 2.20. The smallest absolute Gasteiger partial charge is 0.131 e. The molecule has 4 nitrogen and oxygen atoms in total. The van der Waals surface area contributed by atoms with Crippen molar-refractivity contribution in [1.29, 1.82) is 0 Å². The Kier molecular flexibility index (Phi) is 5.01. The van der Waals surface area contributed by atoms with Gasteiger partial charge in [0.15, 0.2) is 0 Å². The van der Waals surface area contributed by atoms with Crippen LogP contribution in [-0.2, 0) is 13.6 Å². The fourth-order valence-corrected chi connectivity index (χ4v) is 2.80. The van der Waals surface area contributed by atoms with Crippen molar-refractivity contribution in [2.45, 2.75) is 40.3 Å². The highest BCUT2D eigenvalue weighted by Crippen LogP contribution is 2.25. The lowest BCUT2D eigenvalue weighted by molar-refractivity contribution is 0.400. The molecular weight excluding hydrogens is 284 g/mol. The summed E-state index contributed by atoms with van der Waals surface area (Å²) in [5.41, 5.74) is 4.33. The molecule has 0 amide bonds. The van der Waals surface area contributed by atoms with E-state index in [0.29, 0.717) is 17.6 Å². The Morgan fingerprint density at radius 2 is 2.05 bits per heavy atom. The summed E-state index contributed by atoms with van der Waals surface area (Å²) in [5, 5.41) is 8.63. The molecule has 0 aliphatic heterocycles. The highest BCUT2D eigenvalue weighted by atomic mass is 35.5. The Balaban J connectivity index is 2.20. The third kappa shape index (κ3) is 3.44. The van der Waals surface area contributed by atoms with Gasteiger partial charge in [0.1, 0.15) is 5.15 Å². The molecule has 114 valence electrons. The third-order valence-electron chi connectivity index (χ3n) is 3.78. The van der Waals surface area contributed by atoms with Crippen LogP contribution in [0.1, 0.15) is 42.4 Å². The van der Waals surface area contributed by atoms with Crippen molar-refractivity contribution in [2.75, 3.05) is 0 Å². The number of hydrogen-bond donors (Lipinski definition) is 1. The Morgan fingerprint density at radius 1 is 1.33 bits per heavy atom. The van der Waals surface area contributed by atoms with Crippen LogP contribution in [0, 0.1) is 19.8 Å². The Morgan fingerprint density at radius 3 is 2.57 bits per heavy atom. The molecule has 2 aromatic rings. The molecule has 1 atom stereocenters. The number of hydrogen-bond acceptors (Lipinski definition) is 3. The van der Waals surface area contributed by atoms with Crippen LogP contribution in [0.2, 0.25) is 5.15 Å². The summed E-state index contributed by atoms with van der Waals surface area (Å²) in [4.78, 5) is 4.55. The van der Waals surface area contributed by atoms with Gasteiger partial charge in [0.2, 0.25) is 0 Å². The first-order valence-corrected chi connectivity index (χ1v) is 7.62. The van der Waals surface area contributed by atoms with Crippen molar-refractivity contribution in [3.8, 4) is 0 Å². The molecule has 2 heterocycles. The van der Waals surface area contributed by atoms with Crippen molar-refractivity contribution in [3.05, 3.63) is 46.0 Å². The molecule has 1 N–H and O–H groups in total. The van der Waals surface area contributed by atoms with Gasteiger partial charge in [-0.25, -0.2) is 0 Å². The van der Waals surface area contributed by atoms with Gasteiger partial charge in [0.05, 0.1) is 17.4 Å². The largest absolute Gasteiger partial charge is 0.304 e. The maximum absolute atomic E-state index is 6.30. The van der Waals surface area contributed by atoms with Crippen LogP contribution in [0.25, 0.3) is 0 Å². The fraction of sp³-hybridized carbons (Fsp3) is 0.500. The number of nitrogens with one attached hydrogen (secondary N) is 1. The van der Waals surface area contributed by atoms with E-state index >= 15 is 0 Å². The Bertz CT molecular complexity index is 619. The number of nitrogens with zero attached hydrogens (tertiary/aromatic N) is 3. The number of pyridine rings is 1. The standard InChI is InChI=1S/C16H23ClN4/c1-10(2)14(15-11(3)7-6-8-18-15)19-9-13-12(4)20-21(5)16(13)17/h6-8,10,14,19H,9H2,1-5H3/t14-/m0/s1. The second kappa shape index (κ2) is 6.58. The fourth-order valence-electron chi connectivity index (χ4n) is 2.56. The van der Waals surface area contributed by atoms with Crippen LogP contribution >= 0.6 is 11.6 Å². The summed E-state index contributed by atoms with van der Waals surface area (Å²) < 4.78 is 1.71. The number of rotatable bonds is 5. The first kappa shape index (κ1) is 16.0. The molecule has 0 aliphatic carbocycles. The van der Waals surface area contributed by atoms with Crippen LogP contribution in [0.3, 0.4) is 0 Å². The minimum atomic E-state index is 0.196. The minimum absolute atomic E-state index is 0.196. The zero-order valence-electron chi connectivity index (χ0n) is 13.3. The molecule has 0 unspecified atom stereocenters. The predicted molar refractivity (Wildman–Crippen MR) is 86.3 cm³/mol. The van der Waals surface area contributed by atoms with Crippen molar-refractivity contribution in [2.24, 2.45) is 13.0 Å². The van der Waals surface area contributed by atoms with Gasteiger partial charge < -0.3 is 5.32 Å². The molecule has 0 saturated carbocycles. The van der Waals surface area contributed by atoms with E-state index in [4.69, 9.17) is 11.6 Å². The average Bonchev–Trinajstić information content (AvgIpc) is 2.66. The van der Waals surface area contributed by atoms with Gasteiger partial charge in [-0.2, -0.15) is 5.10 Å². The van der Waals surface area contributed by atoms with Crippen molar-refractivity contribution in [1.82, 2.24) is 20.1 Å². The monoisotopic (exact) mass is 306 g/mol. The Hall–Kier alpha value is -1.39. The summed E-state index contributed by atoms with van der Waals surface area (Å²) in [7, 11) is 1.86. The first-order valence-electron chi connectivity index (χ1n) is 7.24. The van der Waals surface area contributed by atoms with Crippen LogP contribution in [0.15, 0.2) is 18.3 Å². The molecule has 0 aliphatic rings. The van der Waals surface area contributed by atoms with Crippen LogP contribution in [0.5, 0.6) is 0 Å². The number of aryl methyl sites for hydroxylation is 3. The maximum Gasteiger partial charge on any atom is 0.131 e. The van der Waals surface area contributed by atoms with E-state index in [1.807, 2.05) is 26.2 Å².